The summed E-state index contributed by atoms with van der Waals surface area (Å²) in [5, 5.41) is 21.2. The zero-order chi connectivity index (χ0) is 17.7. The minimum Gasteiger partial charge on any atom is -0.488 e. The van der Waals surface area contributed by atoms with Crippen LogP contribution in [0.25, 0.3) is 0 Å². The van der Waals surface area contributed by atoms with Gasteiger partial charge >= 0.3 is 0 Å². The molecule has 0 spiro atoms. The number of hydrogen-bond acceptors (Lipinski definition) is 6. The maximum absolute atomic E-state index is 11.0. The Morgan fingerprint density at radius 2 is 2.04 bits per heavy atom. The van der Waals surface area contributed by atoms with Crippen molar-refractivity contribution in [1.29, 1.82) is 0 Å². The number of aliphatic hydroxyl groups is 1. The predicted molar refractivity (Wildman–Crippen MR) is 93.8 cm³/mol. The fourth-order valence-corrected chi connectivity index (χ4v) is 2.73. The predicted octanol–water partition coefficient (Wildman–Crippen LogP) is 2.27. The molecule has 1 aliphatic rings. The third kappa shape index (κ3) is 4.82. The fraction of sp³-hybridized carbons (Fsp3) is 0.647. The van der Waals surface area contributed by atoms with E-state index in [-0.39, 0.29) is 12.3 Å². The Balaban J connectivity index is 2.08. The Hall–Kier alpha value is -1.86. The minimum atomic E-state index is -0.650. The van der Waals surface area contributed by atoms with Crippen LogP contribution in [0.2, 0.25) is 0 Å². The second kappa shape index (κ2) is 8.30. The maximum atomic E-state index is 11.0. The first-order valence-electron chi connectivity index (χ1n) is 8.43. The number of rotatable bonds is 8. The summed E-state index contributed by atoms with van der Waals surface area (Å²) in [6.07, 6.45) is 1.57. The molecule has 0 saturated carbocycles. The number of likely N-dealkylation sites (N-methyl/N-ethyl adjacent to an activating group) is 1. The first-order valence-corrected chi connectivity index (χ1v) is 8.43. The summed E-state index contributed by atoms with van der Waals surface area (Å²) in [5.41, 5.74) is 0.865. The van der Waals surface area contributed by atoms with Crippen LogP contribution in [-0.2, 0) is 0 Å². The van der Waals surface area contributed by atoms with Crippen molar-refractivity contribution in [2.75, 3.05) is 38.2 Å². The van der Waals surface area contributed by atoms with Crippen LogP contribution in [-0.4, -0.2) is 60.4 Å². The van der Waals surface area contributed by atoms with E-state index >= 15 is 0 Å². The summed E-state index contributed by atoms with van der Waals surface area (Å²) in [5.74, 6) is 0.470. The van der Waals surface area contributed by atoms with Crippen molar-refractivity contribution in [2.45, 2.75) is 38.8 Å². The summed E-state index contributed by atoms with van der Waals surface area (Å²) >= 11 is 0. The van der Waals surface area contributed by atoms with E-state index in [1.54, 1.807) is 6.07 Å². The fourth-order valence-electron chi connectivity index (χ4n) is 2.73. The van der Waals surface area contributed by atoms with Gasteiger partial charge in [0.1, 0.15) is 18.5 Å². The Labute approximate surface area is 143 Å². The molecule has 1 unspecified atom stereocenters. The van der Waals surface area contributed by atoms with Crippen LogP contribution in [0.4, 0.5) is 11.4 Å². The van der Waals surface area contributed by atoms with E-state index in [0.717, 1.165) is 31.6 Å². The number of nitro benzene ring substituents is 1. The topological polar surface area (TPSA) is 79.1 Å². The maximum Gasteiger partial charge on any atom is 0.273 e. The number of nitrogens with zero attached hydrogens (tertiary/aromatic N) is 3. The molecule has 0 radical (unpaired) electrons. The number of anilines is 1. The smallest absolute Gasteiger partial charge is 0.273 e. The molecule has 1 atom stereocenters. The number of hydrogen-bond donors (Lipinski definition) is 1. The van der Waals surface area contributed by atoms with Gasteiger partial charge in [-0.2, -0.15) is 0 Å². The molecule has 1 saturated heterocycles. The van der Waals surface area contributed by atoms with Crippen molar-refractivity contribution >= 4 is 11.4 Å². The lowest BCUT2D eigenvalue weighted by molar-refractivity contribution is -0.384. The molecule has 0 aliphatic carbocycles. The quantitative estimate of drug-likeness (QED) is 0.579. The van der Waals surface area contributed by atoms with Crippen molar-refractivity contribution in [2.24, 2.45) is 0 Å². The van der Waals surface area contributed by atoms with Gasteiger partial charge in [0, 0.05) is 31.7 Å². The third-order valence-electron chi connectivity index (χ3n) is 4.41. The van der Waals surface area contributed by atoms with Crippen LogP contribution in [0.5, 0.6) is 5.75 Å². The molecule has 1 aromatic carbocycles. The zero-order valence-electron chi connectivity index (χ0n) is 14.6. The van der Waals surface area contributed by atoms with Gasteiger partial charge in [-0.1, -0.05) is 0 Å². The summed E-state index contributed by atoms with van der Waals surface area (Å²) in [6, 6.07) is 5.03. The first-order chi connectivity index (χ1) is 11.4. The van der Waals surface area contributed by atoms with E-state index < -0.39 is 11.0 Å². The number of ether oxygens (including phenoxy) is 1. The van der Waals surface area contributed by atoms with Gasteiger partial charge in [0.15, 0.2) is 0 Å². The van der Waals surface area contributed by atoms with Gasteiger partial charge in [0.2, 0.25) is 0 Å². The zero-order valence-corrected chi connectivity index (χ0v) is 14.6. The van der Waals surface area contributed by atoms with Crippen molar-refractivity contribution in [3.8, 4) is 5.75 Å². The number of non-ortho nitro benzene ring substituents is 1. The molecule has 1 aromatic rings. The summed E-state index contributed by atoms with van der Waals surface area (Å²) in [6.45, 7) is 6.56. The van der Waals surface area contributed by atoms with Gasteiger partial charge in [-0.3, -0.25) is 10.1 Å². The molecule has 1 aliphatic heterocycles. The lowest BCUT2D eigenvalue weighted by Gasteiger charge is -2.25. The van der Waals surface area contributed by atoms with Crippen molar-refractivity contribution in [1.82, 2.24) is 4.90 Å². The van der Waals surface area contributed by atoms with Crippen LogP contribution in [0.15, 0.2) is 18.2 Å². The van der Waals surface area contributed by atoms with E-state index in [1.165, 1.54) is 12.1 Å². The molecule has 2 rings (SSSR count). The van der Waals surface area contributed by atoms with Gasteiger partial charge in [-0.25, -0.2) is 0 Å². The lowest BCUT2D eigenvalue weighted by Crippen LogP contribution is -2.37. The van der Waals surface area contributed by atoms with E-state index in [4.69, 9.17) is 4.74 Å². The SMILES string of the molecule is CC(C)N(C)CC(O)COc1cc([N+](=O)[O-])ccc1N1CCCC1. The highest BCUT2D eigenvalue weighted by Gasteiger charge is 2.20. The van der Waals surface area contributed by atoms with Gasteiger partial charge in [-0.15, -0.1) is 0 Å². The molecular weight excluding hydrogens is 310 g/mol. The van der Waals surface area contributed by atoms with Gasteiger partial charge in [0.05, 0.1) is 16.7 Å². The molecular formula is C17H27N3O4. The summed E-state index contributed by atoms with van der Waals surface area (Å²) < 4.78 is 5.76. The van der Waals surface area contributed by atoms with Crippen LogP contribution >= 0.6 is 0 Å². The van der Waals surface area contributed by atoms with Crippen molar-refractivity contribution in [3.05, 3.63) is 28.3 Å². The van der Waals surface area contributed by atoms with E-state index in [1.807, 2.05) is 11.9 Å². The second-order valence-electron chi connectivity index (χ2n) is 6.60. The van der Waals surface area contributed by atoms with Gasteiger partial charge in [0.25, 0.3) is 5.69 Å². The molecule has 134 valence electrons. The van der Waals surface area contributed by atoms with Crippen LogP contribution < -0.4 is 9.64 Å². The monoisotopic (exact) mass is 337 g/mol. The lowest BCUT2D eigenvalue weighted by atomic mass is 10.2. The highest BCUT2D eigenvalue weighted by Crippen LogP contribution is 2.34. The average molecular weight is 337 g/mol. The Morgan fingerprint density at radius 3 is 2.62 bits per heavy atom. The van der Waals surface area contributed by atoms with E-state index in [2.05, 4.69) is 18.7 Å². The molecule has 0 bridgehead atoms. The molecule has 1 heterocycles. The molecule has 7 heteroatoms. The highest BCUT2D eigenvalue weighted by molar-refractivity contribution is 5.62. The number of aliphatic hydroxyl groups excluding tert-OH is 1. The normalized spacial score (nSPS) is 16.0. The van der Waals surface area contributed by atoms with Gasteiger partial charge in [-0.05, 0) is 39.8 Å². The van der Waals surface area contributed by atoms with Crippen molar-refractivity contribution in [3.63, 3.8) is 0 Å². The average Bonchev–Trinajstić information content (AvgIpc) is 3.06. The Morgan fingerprint density at radius 1 is 1.38 bits per heavy atom. The second-order valence-corrected chi connectivity index (χ2v) is 6.60. The van der Waals surface area contributed by atoms with E-state index in [9.17, 15) is 15.2 Å². The molecule has 7 nitrogen and oxygen atoms in total. The number of benzene rings is 1. The molecule has 0 aromatic heterocycles. The van der Waals surface area contributed by atoms with Crippen LogP contribution in [0.1, 0.15) is 26.7 Å². The minimum absolute atomic E-state index is 0.00161. The van der Waals surface area contributed by atoms with Crippen LogP contribution in [0, 0.1) is 10.1 Å². The molecule has 24 heavy (non-hydrogen) atoms. The van der Waals surface area contributed by atoms with Crippen molar-refractivity contribution < 1.29 is 14.8 Å². The standard InChI is InChI=1S/C17H27N3O4/c1-13(2)18(3)11-15(21)12-24-17-10-14(20(22)23)6-7-16(17)19-8-4-5-9-19/h6-7,10,13,15,21H,4-5,8-9,11-12H2,1-3H3. The van der Waals surface area contributed by atoms with E-state index in [0.29, 0.717) is 18.3 Å². The molecule has 1 N–H and O–H groups in total. The summed E-state index contributed by atoms with van der Waals surface area (Å²) in [4.78, 5) is 14.8. The number of nitro groups is 1. The Kier molecular flexibility index (Phi) is 6.39. The largest absolute Gasteiger partial charge is 0.488 e. The van der Waals surface area contributed by atoms with Gasteiger partial charge < -0.3 is 19.6 Å². The third-order valence-corrected chi connectivity index (χ3v) is 4.41. The molecule has 1 fully saturated rings. The highest BCUT2D eigenvalue weighted by atomic mass is 16.6. The molecule has 0 amide bonds. The van der Waals surface area contributed by atoms with Crippen LogP contribution in [0.3, 0.4) is 0 Å². The Bertz CT molecular complexity index is 559. The summed E-state index contributed by atoms with van der Waals surface area (Å²) in [7, 11) is 1.94. The first kappa shape index (κ1) is 18.5.